The van der Waals surface area contributed by atoms with E-state index in [2.05, 4.69) is 0 Å². The van der Waals surface area contributed by atoms with E-state index in [1.54, 1.807) is 0 Å². The van der Waals surface area contributed by atoms with Crippen LogP contribution in [0, 0.1) is 6.85 Å². The molecule has 42 valence electrons. The molecule has 1 nitrogen and oxygen atoms in total. The van der Waals surface area contributed by atoms with Gasteiger partial charge in [0.15, 0.2) is 0 Å². The predicted octanol–water partition coefficient (Wildman–Crippen LogP) is 1.70. The molecule has 0 aromatic heterocycles. The fraction of sp³-hybridized carbons (Fsp3) is 0.143. The van der Waals surface area contributed by atoms with E-state index < -0.39 is 6.85 Å². The van der Waals surface area contributed by atoms with Gasteiger partial charge in [0.25, 0.3) is 0 Å². The van der Waals surface area contributed by atoms with Gasteiger partial charge in [0, 0.05) is 4.11 Å². The third-order valence-corrected chi connectivity index (χ3v) is 0.846. The molecular weight excluding hydrogens is 100 g/mol. The molecule has 1 N–H and O–H groups in total. The Morgan fingerprint density at radius 2 is 2.50 bits per heavy atom. The Morgan fingerprint density at radius 3 is 3.00 bits per heavy atom. The summed E-state index contributed by atoms with van der Waals surface area (Å²) in [6.07, 6.45) is 0. The first-order valence-electron chi connectivity index (χ1n) is 3.79. The second-order valence-electron chi connectivity index (χ2n) is 1.55. The summed E-state index contributed by atoms with van der Waals surface area (Å²) in [5, 5.41) is 8.93. The Morgan fingerprint density at radius 1 is 1.62 bits per heavy atom. The molecule has 0 unspecified atom stereocenters. The van der Waals surface area contributed by atoms with Crippen molar-refractivity contribution in [3.8, 4) is 5.75 Å². The molecule has 0 atom stereocenters. The Labute approximate surface area is 52.8 Å². The molecule has 1 rings (SSSR count). The third-order valence-electron chi connectivity index (χ3n) is 0.846. The van der Waals surface area contributed by atoms with Crippen LogP contribution in [0.2, 0.25) is 0 Å². The zero-order valence-electron chi connectivity index (χ0n) is 7.26. The summed E-state index contributed by atoms with van der Waals surface area (Å²) < 4.78 is 21.0. The largest absolute Gasteiger partial charge is 0.508 e. The number of rotatable bonds is 0. The molecule has 0 spiro atoms. The molecule has 0 saturated carbocycles. The summed E-state index contributed by atoms with van der Waals surface area (Å²) >= 11 is 0. The fourth-order valence-electron chi connectivity index (χ4n) is 0.506. The Balaban J connectivity index is 3.06. The summed E-state index contributed by atoms with van der Waals surface area (Å²) in [7, 11) is 0. The van der Waals surface area contributed by atoms with Crippen LogP contribution in [0.4, 0.5) is 0 Å². The average Bonchev–Trinajstić information content (AvgIpc) is 1.86. The first-order valence-corrected chi connectivity index (χ1v) is 2.29. The normalized spacial score (nSPS) is 16.2. The van der Waals surface area contributed by atoms with E-state index in [9.17, 15) is 0 Å². The summed E-state index contributed by atoms with van der Waals surface area (Å²) in [5.74, 6) is -0.0152. The predicted molar refractivity (Wildman–Crippen MR) is 32.8 cm³/mol. The molecular formula is C7H8O. The lowest BCUT2D eigenvalue weighted by atomic mass is 10.2. The molecule has 0 heterocycles. The van der Waals surface area contributed by atoms with Crippen molar-refractivity contribution in [2.45, 2.75) is 6.85 Å². The lowest BCUT2D eigenvalue weighted by molar-refractivity contribution is 0.475. The summed E-state index contributed by atoms with van der Waals surface area (Å²) in [5.41, 5.74) is 0.164. The fourth-order valence-corrected chi connectivity index (χ4v) is 0.506. The van der Waals surface area contributed by atoms with Crippen LogP contribution >= 0.6 is 0 Å². The van der Waals surface area contributed by atoms with Crippen LogP contribution in [-0.4, -0.2) is 5.11 Å². The van der Waals surface area contributed by atoms with E-state index in [0.717, 1.165) is 0 Å². The Bertz CT molecular complexity index is 254. The van der Waals surface area contributed by atoms with Gasteiger partial charge in [0.1, 0.15) is 5.75 Å². The smallest absolute Gasteiger partial charge is 0.115 e. The molecule has 1 aromatic rings. The van der Waals surface area contributed by atoms with Gasteiger partial charge in [0.05, 0.1) is 0 Å². The van der Waals surface area contributed by atoms with Crippen molar-refractivity contribution in [2.75, 3.05) is 0 Å². The average molecular weight is 111 g/mol. The van der Waals surface area contributed by atoms with E-state index in [4.69, 9.17) is 9.22 Å². The van der Waals surface area contributed by atoms with Crippen molar-refractivity contribution in [1.29, 1.82) is 0 Å². The summed E-state index contributed by atoms with van der Waals surface area (Å²) in [4.78, 5) is 0. The molecule has 0 aliphatic heterocycles. The van der Waals surface area contributed by atoms with Crippen LogP contribution < -0.4 is 0 Å². The molecule has 0 saturated heterocycles. The van der Waals surface area contributed by atoms with E-state index in [1.807, 2.05) is 0 Å². The van der Waals surface area contributed by atoms with Gasteiger partial charge in [-0.1, -0.05) is 12.1 Å². The van der Waals surface area contributed by atoms with Crippen molar-refractivity contribution in [3.63, 3.8) is 0 Å². The molecule has 1 aromatic carbocycles. The molecule has 0 amide bonds. The van der Waals surface area contributed by atoms with E-state index in [0.29, 0.717) is 0 Å². The topological polar surface area (TPSA) is 20.2 Å². The minimum absolute atomic E-state index is 0.0152. The highest BCUT2D eigenvalue weighted by molar-refractivity contribution is 5.25. The van der Waals surface area contributed by atoms with Gasteiger partial charge >= 0.3 is 0 Å². The van der Waals surface area contributed by atoms with Crippen LogP contribution in [0.5, 0.6) is 5.75 Å². The number of benzene rings is 1. The van der Waals surface area contributed by atoms with Crippen molar-refractivity contribution in [3.05, 3.63) is 29.8 Å². The highest BCUT2D eigenvalue weighted by Gasteiger charge is 1.83. The number of phenolic OH excluding ortho intramolecular Hbond substituents is 1. The highest BCUT2D eigenvalue weighted by Crippen LogP contribution is 2.08. The molecule has 0 radical (unpaired) electrons. The van der Waals surface area contributed by atoms with Crippen molar-refractivity contribution < 1.29 is 9.22 Å². The van der Waals surface area contributed by atoms with Gasteiger partial charge in [-0.15, -0.1) is 0 Å². The van der Waals surface area contributed by atoms with E-state index >= 15 is 0 Å². The van der Waals surface area contributed by atoms with Crippen molar-refractivity contribution in [2.24, 2.45) is 0 Å². The number of aryl methyl sites for hydroxylation is 1. The first-order chi connectivity index (χ1) is 5.00. The SMILES string of the molecule is [2H]C([2H])([2H])c1cccc(O)c1. The van der Waals surface area contributed by atoms with Crippen LogP contribution in [0.15, 0.2) is 24.3 Å². The standard InChI is InChI=1S/C7H8O/c1-6-3-2-4-7(8)5-6/h2-5,8H,1H3/i1D3. The van der Waals surface area contributed by atoms with Gasteiger partial charge in [-0.25, -0.2) is 0 Å². The van der Waals surface area contributed by atoms with Gasteiger partial charge in [-0.05, 0) is 24.5 Å². The second-order valence-corrected chi connectivity index (χ2v) is 1.55. The monoisotopic (exact) mass is 111 g/mol. The molecule has 0 fully saturated rings. The van der Waals surface area contributed by atoms with Crippen molar-refractivity contribution in [1.82, 2.24) is 0 Å². The number of aromatic hydroxyl groups is 1. The molecule has 1 heteroatoms. The number of phenols is 1. The lowest BCUT2D eigenvalue weighted by Gasteiger charge is -1.89. The number of hydrogen-bond acceptors (Lipinski definition) is 1. The van der Waals surface area contributed by atoms with Gasteiger partial charge in [0.2, 0.25) is 0 Å². The minimum Gasteiger partial charge on any atom is -0.508 e. The minimum atomic E-state index is -2.13. The van der Waals surface area contributed by atoms with Gasteiger partial charge in [-0.3, -0.25) is 0 Å². The summed E-state index contributed by atoms with van der Waals surface area (Å²) in [6.45, 7) is -2.13. The van der Waals surface area contributed by atoms with Crippen LogP contribution in [0.1, 0.15) is 9.68 Å². The van der Waals surface area contributed by atoms with Crippen LogP contribution in [0.3, 0.4) is 0 Å². The van der Waals surface area contributed by atoms with Crippen LogP contribution in [0.25, 0.3) is 0 Å². The number of hydrogen-bond donors (Lipinski definition) is 1. The van der Waals surface area contributed by atoms with E-state index in [-0.39, 0.29) is 11.3 Å². The van der Waals surface area contributed by atoms with Crippen molar-refractivity contribution >= 4 is 0 Å². The zero-order valence-corrected chi connectivity index (χ0v) is 4.26. The Hall–Kier alpha value is -0.980. The maximum absolute atomic E-state index is 8.93. The molecule has 0 aliphatic rings. The van der Waals surface area contributed by atoms with Crippen LogP contribution in [-0.2, 0) is 0 Å². The molecule has 8 heavy (non-hydrogen) atoms. The molecule has 0 aliphatic carbocycles. The maximum atomic E-state index is 8.93. The zero-order chi connectivity index (χ0) is 8.48. The Kier molecular flexibility index (Phi) is 0.591. The van der Waals surface area contributed by atoms with Gasteiger partial charge < -0.3 is 5.11 Å². The third kappa shape index (κ3) is 0.997. The quantitative estimate of drug-likeness (QED) is 0.540. The lowest BCUT2D eigenvalue weighted by Crippen LogP contribution is -1.66. The van der Waals surface area contributed by atoms with E-state index in [1.165, 1.54) is 24.3 Å². The first kappa shape index (κ1) is 2.53. The highest BCUT2D eigenvalue weighted by atomic mass is 16.3. The van der Waals surface area contributed by atoms with Gasteiger partial charge in [-0.2, -0.15) is 0 Å². The maximum Gasteiger partial charge on any atom is 0.115 e. The summed E-state index contributed by atoms with van der Waals surface area (Å²) in [6, 6.07) is 5.66. The molecule has 0 bridgehead atoms. The second kappa shape index (κ2) is 1.86.